The molecule has 0 saturated carbocycles. The summed E-state index contributed by atoms with van der Waals surface area (Å²) in [5.74, 6) is -0.699. The normalized spacial score (nSPS) is 10.7. The van der Waals surface area contributed by atoms with Gasteiger partial charge >= 0.3 is 0 Å². The van der Waals surface area contributed by atoms with Crippen molar-refractivity contribution < 1.29 is 9.18 Å². The van der Waals surface area contributed by atoms with Gasteiger partial charge in [0.05, 0.1) is 30.9 Å². The molecular formula is C22H17FN6O2. The van der Waals surface area contributed by atoms with Crippen LogP contribution in [0.25, 0.3) is 11.0 Å². The van der Waals surface area contributed by atoms with Crippen molar-refractivity contribution in [1.29, 1.82) is 5.26 Å². The first-order valence-electron chi connectivity index (χ1n) is 9.49. The van der Waals surface area contributed by atoms with Crippen LogP contribution in [0.5, 0.6) is 0 Å². The number of rotatable bonds is 6. The molecule has 0 atom stereocenters. The number of fused-ring (bicyclic) bond motifs is 1. The Morgan fingerprint density at radius 1 is 1.19 bits per heavy atom. The van der Waals surface area contributed by atoms with Crippen LogP contribution in [0.2, 0.25) is 0 Å². The summed E-state index contributed by atoms with van der Waals surface area (Å²) in [6, 6.07) is 14.7. The zero-order valence-electron chi connectivity index (χ0n) is 16.3. The number of amides is 1. The highest BCUT2D eigenvalue weighted by atomic mass is 19.1. The fourth-order valence-electron chi connectivity index (χ4n) is 3.19. The third kappa shape index (κ3) is 4.18. The molecule has 2 heterocycles. The fraction of sp³-hybridized carbons (Fsp3) is 0.136. The molecule has 31 heavy (non-hydrogen) atoms. The molecule has 0 aliphatic heterocycles. The molecule has 0 unspecified atom stereocenters. The molecular weight excluding hydrogens is 399 g/mol. The van der Waals surface area contributed by atoms with Crippen LogP contribution in [0.3, 0.4) is 0 Å². The molecule has 0 aliphatic carbocycles. The van der Waals surface area contributed by atoms with E-state index in [2.05, 4.69) is 15.4 Å². The number of nitrogens with one attached hydrogen (secondary N) is 1. The molecule has 9 heteroatoms. The predicted octanol–water partition coefficient (Wildman–Crippen LogP) is 2.08. The highest BCUT2D eigenvalue weighted by Crippen LogP contribution is 2.10. The molecule has 4 rings (SSSR count). The van der Waals surface area contributed by atoms with Crippen molar-refractivity contribution in [1.82, 2.24) is 24.6 Å². The van der Waals surface area contributed by atoms with E-state index in [-0.39, 0.29) is 30.4 Å². The summed E-state index contributed by atoms with van der Waals surface area (Å²) >= 11 is 0. The molecule has 0 radical (unpaired) electrons. The van der Waals surface area contributed by atoms with E-state index >= 15 is 0 Å². The summed E-state index contributed by atoms with van der Waals surface area (Å²) in [6.45, 7) is 0.626. The highest BCUT2D eigenvalue weighted by Gasteiger charge is 2.12. The van der Waals surface area contributed by atoms with E-state index in [0.29, 0.717) is 34.3 Å². The first-order valence-corrected chi connectivity index (χ1v) is 9.49. The third-order valence-corrected chi connectivity index (χ3v) is 4.78. The van der Waals surface area contributed by atoms with E-state index in [1.165, 1.54) is 33.9 Å². The smallest absolute Gasteiger partial charge is 0.264 e. The van der Waals surface area contributed by atoms with Crippen LogP contribution < -0.4 is 10.9 Å². The summed E-state index contributed by atoms with van der Waals surface area (Å²) in [7, 11) is 0. The summed E-state index contributed by atoms with van der Waals surface area (Å²) in [5, 5.41) is 16.2. The van der Waals surface area contributed by atoms with Gasteiger partial charge in [0.15, 0.2) is 5.65 Å². The summed E-state index contributed by atoms with van der Waals surface area (Å²) in [5.41, 5.74) is 1.24. The Bertz CT molecular complexity index is 1370. The van der Waals surface area contributed by atoms with E-state index in [1.54, 1.807) is 36.4 Å². The number of nitriles is 1. The molecule has 2 aromatic heterocycles. The van der Waals surface area contributed by atoms with Crippen molar-refractivity contribution in [3.05, 3.63) is 93.9 Å². The van der Waals surface area contributed by atoms with Crippen molar-refractivity contribution >= 4 is 16.9 Å². The minimum Gasteiger partial charge on any atom is -0.350 e. The van der Waals surface area contributed by atoms with Gasteiger partial charge in [-0.05, 0) is 24.3 Å². The molecule has 0 spiro atoms. The Kier molecular flexibility index (Phi) is 5.53. The predicted molar refractivity (Wildman–Crippen MR) is 111 cm³/mol. The molecule has 0 aliphatic rings. The van der Waals surface area contributed by atoms with Crippen LogP contribution in [0.15, 0.2) is 65.8 Å². The van der Waals surface area contributed by atoms with Gasteiger partial charge in [-0.25, -0.2) is 14.1 Å². The van der Waals surface area contributed by atoms with Gasteiger partial charge in [-0.15, -0.1) is 0 Å². The number of benzene rings is 2. The minimum atomic E-state index is -0.388. The Morgan fingerprint density at radius 3 is 2.84 bits per heavy atom. The van der Waals surface area contributed by atoms with Crippen LogP contribution in [-0.4, -0.2) is 31.8 Å². The van der Waals surface area contributed by atoms with Gasteiger partial charge in [0, 0.05) is 17.7 Å². The quantitative estimate of drug-likeness (QED) is 0.518. The minimum absolute atomic E-state index is 0.0669. The van der Waals surface area contributed by atoms with Gasteiger partial charge in [0.25, 0.3) is 11.5 Å². The Labute approximate surface area is 176 Å². The number of nitrogens with zero attached hydrogens (tertiary/aromatic N) is 5. The average Bonchev–Trinajstić information content (AvgIpc) is 3.21. The molecule has 154 valence electrons. The summed E-state index contributed by atoms with van der Waals surface area (Å²) < 4.78 is 16.7. The van der Waals surface area contributed by atoms with Gasteiger partial charge < -0.3 is 5.32 Å². The fourth-order valence-corrected chi connectivity index (χ4v) is 3.19. The second-order valence-corrected chi connectivity index (χ2v) is 6.82. The number of carbonyl (C=O) groups excluding carboxylic acids is 1. The van der Waals surface area contributed by atoms with Crippen molar-refractivity contribution in [2.45, 2.75) is 13.1 Å². The summed E-state index contributed by atoms with van der Waals surface area (Å²) in [6.07, 6.45) is 2.78. The monoisotopic (exact) mass is 416 g/mol. The molecule has 0 saturated heterocycles. The Balaban J connectivity index is 1.46. The lowest BCUT2D eigenvalue weighted by Gasteiger charge is -2.08. The van der Waals surface area contributed by atoms with Gasteiger partial charge in [-0.1, -0.05) is 24.3 Å². The molecule has 0 fully saturated rings. The van der Waals surface area contributed by atoms with Gasteiger partial charge in [-0.3, -0.25) is 14.2 Å². The lowest BCUT2D eigenvalue weighted by Crippen LogP contribution is -2.28. The number of carbonyl (C=O) groups is 1. The van der Waals surface area contributed by atoms with Crippen LogP contribution >= 0.6 is 0 Å². The van der Waals surface area contributed by atoms with Crippen LogP contribution in [0.4, 0.5) is 4.39 Å². The second kappa shape index (κ2) is 8.59. The van der Waals surface area contributed by atoms with Gasteiger partial charge in [0.2, 0.25) is 0 Å². The molecule has 1 amide bonds. The van der Waals surface area contributed by atoms with Crippen molar-refractivity contribution in [2.75, 3.05) is 6.54 Å². The molecule has 8 nitrogen and oxygen atoms in total. The molecule has 4 aromatic rings. The van der Waals surface area contributed by atoms with Crippen molar-refractivity contribution in [3.8, 4) is 6.07 Å². The first kappa shape index (κ1) is 20.0. The lowest BCUT2D eigenvalue weighted by atomic mass is 10.1. The maximum Gasteiger partial charge on any atom is 0.264 e. The summed E-state index contributed by atoms with van der Waals surface area (Å²) in [4.78, 5) is 29.3. The van der Waals surface area contributed by atoms with E-state index < -0.39 is 0 Å². The standard InChI is InChI=1S/C22H17FN6O2/c23-19-7-2-1-5-17(19)13-28-14-26-20-18(22(28)31)12-27-29(20)9-8-25-21(30)16-6-3-4-15(10-16)11-24/h1-7,10,12,14H,8-9,13H2,(H,25,30). The zero-order chi connectivity index (χ0) is 21.8. The topological polar surface area (TPSA) is 106 Å². The second-order valence-electron chi connectivity index (χ2n) is 6.82. The van der Waals surface area contributed by atoms with Crippen molar-refractivity contribution in [2.24, 2.45) is 0 Å². The van der Waals surface area contributed by atoms with E-state index in [9.17, 15) is 14.0 Å². The maximum absolute atomic E-state index is 13.9. The van der Waals surface area contributed by atoms with E-state index in [0.717, 1.165) is 0 Å². The van der Waals surface area contributed by atoms with Crippen LogP contribution in [-0.2, 0) is 13.1 Å². The largest absolute Gasteiger partial charge is 0.350 e. The van der Waals surface area contributed by atoms with Gasteiger partial charge in [0.1, 0.15) is 17.5 Å². The SMILES string of the molecule is N#Cc1cccc(C(=O)NCCn2ncc3c(=O)n(Cc4ccccc4F)cnc32)c1. The van der Waals surface area contributed by atoms with Crippen molar-refractivity contribution in [3.63, 3.8) is 0 Å². The number of hydrogen-bond acceptors (Lipinski definition) is 5. The van der Waals surface area contributed by atoms with E-state index in [4.69, 9.17) is 5.26 Å². The van der Waals surface area contributed by atoms with E-state index in [1.807, 2.05) is 6.07 Å². The lowest BCUT2D eigenvalue weighted by molar-refractivity contribution is 0.0952. The number of halogens is 1. The van der Waals surface area contributed by atoms with Crippen LogP contribution in [0.1, 0.15) is 21.5 Å². The van der Waals surface area contributed by atoms with Gasteiger partial charge in [-0.2, -0.15) is 10.4 Å². The average molecular weight is 416 g/mol. The number of hydrogen-bond donors (Lipinski definition) is 1. The zero-order valence-corrected chi connectivity index (χ0v) is 16.3. The molecule has 2 aromatic carbocycles. The van der Waals surface area contributed by atoms with Crippen LogP contribution in [0, 0.1) is 17.1 Å². The molecule has 0 bridgehead atoms. The third-order valence-electron chi connectivity index (χ3n) is 4.78. The highest BCUT2D eigenvalue weighted by molar-refractivity contribution is 5.94. The Hall–Kier alpha value is -4.32. The molecule has 1 N–H and O–H groups in total. The first-order chi connectivity index (χ1) is 15.1. The number of aromatic nitrogens is 4. The Morgan fingerprint density at radius 2 is 2.03 bits per heavy atom. The maximum atomic E-state index is 13.9.